The summed E-state index contributed by atoms with van der Waals surface area (Å²) in [6, 6.07) is 83.4. The Morgan fingerprint density at radius 3 is 1.43 bits per heavy atom. The minimum Gasteiger partial charge on any atom is -0.464 e. The Morgan fingerprint density at radius 2 is 0.825 bits per heavy atom. The van der Waals surface area contributed by atoms with Crippen molar-refractivity contribution in [2.75, 3.05) is 4.90 Å². The predicted molar refractivity (Wildman–Crippen MR) is 261 cm³/mol. The average Bonchev–Trinajstić information content (AvgIpc) is 4.14. The zero-order valence-corrected chi connectivity index (χ0v) is 35.1. The zero-order valence-electron chi connectivity index (χ0n) is 34.3. The summed E-state index contributed by atoms with van der Waals surface area (Å²) < 4.78 is 7.42. The number of anilines is 3. The molecule has 2 aliphatic rings. The van der Waals surface area contributed by atoms with Gasteiger partial charge in [0.25, 0.3) is 0 Å². The van der Waals surface area contributed by atoms with E-state index in [1.807, 2.05) is 0 Å². The summed E-state index contributed by atoms with van der Waals surface area (Å²) in [5, 5.41) is 4.53. The van der Waals surface area contributed by atoms with Crippen molar-refractivity contribution in [1.29, 1.82) is 0 Å². The molecule has 2 heterocycles. The lowest BCUT2D eigenvalue weighted by atomic mass is 9.67. The molecule has 2 aromatic heterocycles. The standard InChI is InChI=1S/C60H39NOS/c1-5-15-42(16-6-1)59(43-17-7-2-8-18-43)53-24-14-13-23-49(53)50-28-25-47(37-54(50)59)61(46-27-30-58-41(35-46)32-34-63-58)48-26-29-51-52-36-40-31-33-62-57(40)39-56(52)60(55(51)38-48,44-19-9-3-10-20-44)45-21-11-4-12-22-45/h1-39H. The van der Waals surface area contributed by atoms with Crippen LogP contribution in [-0.2, 0) is 10.8 Å². The van der Waals surface area contributed by atoms with Crippen molar-refractivity contribution < 1.29 is 4.42 Å². The van der Waals surface area contributed by atoms with Gasteiger partial charge in [-0.15, -0.1) is 11.3 Å². The summed E-state index contributed by atoms with van der Waals surface area (Å²) in [4.78, 5) is 2.48. The molecule has 0 saturated heterocycles. The van der Waals surface area contributed by atoms with Crippen LogP contribution in [0.4, 0.5) is 17.1 Å². The molecule has 0 spiro atoms. The fourth-order valence-electron chi connectivity index (χ4n) is 11.2. The summed E-state index contributed by atoms with van der Waals surface area (Å²) >= 11 is 1.78. The van der Waals surface area contributed by atoms with Crippen molar-refractivity contribution >= 4 is 49.5 Å². The van der Waals surface area contributed by atoms with Gasteiger partial charge in [0.15, 0.2) is 0 Å². The van der Waals surface area contributed by atoms with Crippen LogP contribution in [0.15, 0.2) is 241 Å². The van der Waals surface area contributed by atoms with Gasteiger partial charge < -0.3 is 9.32 Å². The van der Waals surface area contributed by atoms with Crippen LogP contribution in [0, 0.1) is 0 Å². The second-order valence-electron chi connectivity index (χ2n) is 16.8. The zero-order chi connectivity index (χ0) is 41.5. The van der Waals surface area contributed by atoms with E-state index in [-0.39, 0.29) is 0 Å². The largest absolute Gasteiger partial charge is 0.464 e. The monoisotopic (exact) mass is 821 g/mol. The maximum Gasteiger partial charge on any atom is 0.134 e. The van der Waals surface area contributed by atoms with E-state index >= 15 is 0 Å². The lowest BCUT2D eigenvalue weighted by molar-refractivity contribution is 0.614. The van der Waals surface area contributed by atoms with Gasteiger partial charge >= 0.3 is 0 Å². The lowest BCUT2D eigenvalue weighted by Crippen LogP contribution is -2.29. The van der Waals surface area contributed by atoms with Crippen molar-refractivity contribution in [2.45, 2.75) is 10.8 Å². The minimum absolute atomic E-state index is 0.528. The molecule has 2 aliphatic carbocycles. The molecule has 0 saturated carbocycles. The van der Waals surface area contributed by atoms with Crippen LogP contribution in [-0.4, -0.2) is 0 Å². The van der Waals surface area contributed by atoms with Crippen LogP contribution < -0.4 is 4.90 Å². The molecular formula is C60H39NOS. The van der Waals surface area contributed by atoms with Crippen LogP contribution in [0.3, 0.4) is 0 Å². The normalized spacial score (nSPS) is 14.0. The molecule has 0 atom stereocenters. The molecular weight excluding hydrogens is 783 g/mol. The van der Waals surface area contributed by atoms with E-state index in [1.165, 1.54) is 76.8 Å². The molecule has 0 fully saturated rings. The van der Waals surface area contributed by atoms with Crippen LogP contribution in [0.2, 0.25) is 0 Å². The topological polar surface area (TPSA) is 16.4 Å². The molecule has 0 unspecified atom stereocenters. The Labute approximate surface area is 370 Å². The van der Waals surface area contributed by atoms with Crippen molar-refractivity contribution in [3.8, 4) is 22.3 Å². The maximum absolute atomic E-state index is 6.15. The first kappa shape index (κ1) is 36.0. The Morgan fingerprint density at radius 1 is 0.349 bits per heavy atom. The maximum atomic E-state index is 6.15. The number of hydrogen-bond acceptors (Lipinski definition) is 3. The average molecular weight is 822 g/mol. The van der Waals surface area contributed by atoms with Crippen LogP contribution in [0.25, 0.3) is 43.3 Å². The molecule has 3 heteroatoms. The Hall–Kier alpha value is -7.72. The molecule has 13 rings (SSSR count). The Bertz CT molecular complexity index is 3440. The van der Waals surface area contributed by atoms with Crippen LogP contribution in [0.1, 0.15) is 44.5 Å². The van der Waals surface area contributed by atoms with Gasteiger partial charge in [0, 0.05) is 27.1 Å². The van der Waals surface area contributed by atoms with Gasteiger partial charge in [-0.1, -0.05) is 158 Å². The number of thiophene rings is 1. The van der Waals surface area contributed by atoms with Crippen LogP contribution >= 0.6 is 11.3 Å². The van der Waals surface area contributed by atoms with Gasteiger partial charge in [-0.05, 0) is 144 Å². The first-order chi connectivity index (χ1) is 31.2. The van der Waals surface area contributed by atoms with E-state index in [0.717, 1.165) is 28.0 Å². The molecule has 63 heavy (non-hydrogen) atoms. The smallest absolute Gasteiger partial charge is 0.134 e. The molecule has 0 radical (unpaired) electrons. The fourth-order valence-corrected chi connectivity index (χ4v) is 12.0. The molecule has 0 amide bonds. The van der Waals surface area contributed by atoms with E-state index in [0.29, 0.717) is 0 Å². The van der Waals surface area contributed by atoms with Gasteiger partial charge in [-0.25, -0.2) is 0 Å². The molecule has 11 aromatic rings. The Kier molecular flexibility index (Phi) is 7.94. The predicted octanol–water partition coefficient (Wildman–Crippen LogP) is 15.8. The minimum atomic E-state index is -0.609. The lowest BCUT2D eigenvalue weighted by Gasteiger charge is -2.36. The molecule has 296 valence electrons. The third-order valence-electron chi connectivity index (χ3n) is 13.8. The highest BCUT2D eigenvalue weighted by Crippen LogP contribution is 2.60. The van der Waals surface area contributed by atoms with Crippen molar-refractivity contribution in [3.05, 3.63) is 281 Å². The molecule has 9 aromatic carbocycles. The summed E-state index contributed by atoms with van der Waals surface area (Å²) in [5.41, 5.74) is 18.1. The van der Waals surface area contributed by atoms with E-state index in [1.54, 1.807) is 17.6 Å². The number of hydrogen-bond donors (Lipinski definition) is 0. The van der Waals surface area contributed by atoms with Gasteiger partial charge in [-0.2, -0.15) is 0 Å². The summed E-state index contributed by atoms with van der Waals surface area (Å²) in [7, 11) is 0. The highest BCUT2D eigenvalue weighted by molar-refractivity contribution is 7.17. The van der Waals surface area contributed by atoms with Crippen molar-refractivity contribution in [3.63, 3.8) is 0 Å². The SMILES string of the molecule is c1ccc(C2(c3ccccc3)c3ccccc3-c3ccc(N(c4ccc5c(c4)C(c4ccccc4)(c4ccccc4)c4cc6occc6cc4-5)c4ccc5sccc5c4)cc32)cc1. The highest BCUT2D eigenvalue weighted by atomic mass is 32.1. The first-order valence-electron chi connectivity index (χ1n) is 21.6. The van der Waals surface area contributed by atoms with Gasteiger partial charge in [0.05, 0.1) is 17.1 Å². The van der Waals surface area contributed by atoms with E-state index < -0.39 is 10.8 Å². The highest BCUT2D eigenvalue weighted by Gasteiger charge is 2.48. The molecule has 2 nitrogen and oxygen atoms in total. The molecule has 0 N–H and O–H groups in total. The third-order valence-corrected chi connectivity index (χ3v) is 14.7. The first-order valence-corrected chi connectivity index (χ1v) is 22.5. The third kappa shape index (κ3) is 5.12. The van der Waals surface area contributed by atoms with Crippen LogP contribution in [0.5, 0.6) is 0 Å². The number of benzene rings is 9. The number of rotatable bonds is 7. The number of nitrogens with zero attached hydrogens (tertiary/aromatic N) is 1. The quantitative estimate of drug-likeness (QED) is 0.159. The van der Waals surface area contributed by atoms with E-state index in [4.69, 9.17) is 4.42 Å². The van der Waals surface area contributed by atoms with Gasteiger partial charge in [0.2, 0.25) is 0 Å². The van der Waals surface area contributed by atoms with Crippen molar-refractivity contribution in [1.82, 2.24) is 0 Å². The van der Waals surface area contributed by atoms with Gasteiger partial charge in [-0.3, -0.25) is 0 Å². The second-order valence-corrected chi connectivity index (χ2v) is 17.8. The van der Waals surface area contributed by atoms with E-state index in [2.05, 4.69) is 235 Å². The van der Waals surface area contributed by atoms with Gasteiger partial charge in [0.1, 0.15) is 5.58 Å². The second kappa shape index (κ2) is 13.9. The number of furan rings is 1. The molecule has 0 aliphatic heterocycles. The van der Waals surface area contributed by atoms with Crippen molar-refractivity contribution in [2.24, 2.45) is 0 Å². The van der Waals surface area contributed by atoms with E-state index in [9.17, 15) is 0 Å². The summed E-state index contributed by atoms with van der Waals surface area (Å²) in [6.45, 7) is 0. The number of fused-ring (bicyclic) bond motifs is 8. The molecule has 0 bridgehead atoms. The Balaban J connectivity index is 1.10. The fraction of sp³-hybridized carbons (Fsp3) is 0.0333. The summed E-state index contributed by atoms with van der Waals surface area (Å²) in [6.07, 6.45) is 1.80. The summed E-state index contributed by atoms with van der Waals surface area (Å²) in [5.74, 6) is 0.